The first-order valence-electron chi connectivity index (χ1n) is 8.70. The van der Waals surface area contributed by atoms with Gasteiger partial charge in [0, 0.05) is 5.69 Å². The fourth-order valence-corrected chi connectivity index (χ4v) is 2.60. The van der Waals surface area contributed by atoms with Crippen LogP contribution in [0.4, 0.5) is 5.69 Å². The van der Waals surface area contributed by atoms with Crippen molar-refractivity contribution in [3.05, 3.63) is 53.6 Å². The van der Waals surface area contributed by atoms with Crippen molar-refractivity contribution in [3.63, 3.8) is 0 Å². The van der Waals surface area contributed by atoms with Gasteiger partial charge in [0.05, 0.1) is 19.8 Å². The summed E-state index contributed by atoms with van der Waals surface area (Å²) < 4.78 is 15.7. The molecule has 2 aromatic rings. The van der Waals surface area contributed by atoms with Crippen molar-refractivity contribution < 1.29 is 23.8 Å². The number of ether oxygens (including phenoxy) is 3. The van der Waals surface area contributed by atoms with Gasteiger partial charge in [-0.2, -0.15) is 0 Å². The molecule has 0 aliphatic heterocycles. The van der Waals surface area contributed by atoms with E-state index < -0.39 is 12.1 Å². The number of methoxy groups -OCH3 is 2. The third kappa shape index (κ3) is 5.00. The summed E-state index contributed by atoms with van der Waals surface area (Å²) in [6, 6.07) is 12.3. The van der Waals surface area contributed by atoms with Crippen LogP contribution in [-0.4, -0.2) is 32.2 Å². The number of nitrogens with one attached hydrogen (secondary N) is 1. The lowest BCUT2D eigenvalue weighted by atomic mass is 10.0. The average Bonchev–Trinajstić information content (AvgIpc) is 2.67. The summed E-state index contributed by atoms with van der Waals surface area (Å²) in [6.45, 7) is 5.79. The van der Waals surface area contributed by atoms with Crippen LogP contribution in [0.2, 0.25) is 0 Å². The first-order chi connectivity index (χ1) is 12.9. The minimum absolute atomic E-state index is 0.276. The van der Waals surface area contributed by atoms with E-state index >= 15 is 0 Å². The maximum Gasteiger partial charge on any atom is 0.337 e. The molecule has 0 fully saturated rings. The quantitative estimate of drug-likeness (QED) is 0.745. The Kier molecular flexibility index (Phi) is 6.82. The van der Waals surface area contributed by atoms with Crippen LogP contribution in [0.3, 0.4) is 0 Å². The van der Waals surface area contributed by atoms with E-state index in [0.29, 0.717) is 17.1 Å². The molecule has 0 heterocycles. The van der Waals surface area contributed by atoms with Gasteiger partial charge in [0.1, 0.15) is 0 Å². The fourth-order valence-electron chi connectivity index (χ4n) is 2.60. The lowest BCUT2D eigenvalue weighted by Crippen LogP contribution is -2.30. The number of carbonyl (C=O) groups excluding carboxylic acids is 2. The highest BCUT2D eigenvalue weighted by atomic mass is 16.5. The predicted molar refractivity (Wildman–Crippen MR) is 104 cm³/mol. The van der Waals surface area contributed by atoms with Gasteiger partial charge in [-0.1, -0.05) is 32.0 Å². The molecule has 144 valence electrons. The molecule has 0 aliphatic rings. The second-order valence-electron chi connectivity index (χ2n) is 6.35. The maximum absolute atomic E-state index is 12.6. The third-order valence-electron chi connectivity index (χ3n) is 4.10. The molecule has 6 nitrogen and oxygen atoms in total. The van der Waals surface area contributed by atoms with Crippen LogP contribution in [0.5, 0.6) is 11.5 Å². The monoisotopic (exact) mass is 371 g/mol. The molecule has 2 rings (SSSR count). The van der Waals surface area contributed by atoms with Gasteiger partial charge in [0.25, 0.3) is 5.91 Å². The minimum Gasteiger partial charge on any atom is -0.493 e. The van der Waals surface area contributed by atoms with Crippen LogP contribution in [0.25, 0.3) is 0 Å². The van der Waals surface area contributed by atoms with Crippen LogP contribution in [0.1, 0.15) is 42.6 Å². The summed E-state index contributed by atoms with van der Waals surface area (Å²) in [6.07, 6.45) is -0.761. The van der Waals surface area contributed by atoms with Crippen LogP contribution < -0.4 is 14.8 Å². The lowest BCUT2D eigenvalue weighted by Gasteiger charge is -2.19. The van der Waals surface area contributed by atoms with Crippen LogP contribution in [0, 0.1) is 0 Å². The van der Waals surface area contributed by atoms with Crippen molar-refractivity contribution in [3.8, 4) is 11.5 Å². The van der Waals surface area contributed by atoms with Gasteiger partial charge in [-0.25, -0.2) is 4.79 Å². The maximum atomic E-state index is 12.6. The molecule has 0 saturated heterocycles. The van der Waals surface area contributed by atoms with Crippen LogP contribution in [-0.2, 0) is 9.53 Å². The number of carbonyl (C=O) groups is 2. The van der Waals surface area contributed by atoms with E-state index in [2.05, 4.69) is 19.2 Å². The van der Waals surface area contributed by atoms with E-state index in [0.717, 1.165) is 11.3 Å². The number of esters is 1. The Bertz CT molecular complexity index is 816. The summed E-state index contributed by atoms with van der Waals surface area (Å²) in [5.41, 5.74) is 2.16. The number of rotatable bonds is 7. The molecule has 1 amide bonds. The summed E-state index contributed by atoms with van der Waals surface area (Å²) in [5, 5.41) is 2.91. The normalized spacial score (nSPS) is 11.6. The van der Waals surface area contributed by atoms with Gasteiger partial charge in [0.2, 0.25) is 0 Å². The topological polar surface area (TPSA) is 73.9 Å². The van der Waals surface area contributed by atoms with E-state index in [1.54, 1.807) is 19.1 Å². The summed E-state index contributed by atoms with van der Waals surface area (Å²) >= 11 is 0. The molecule has 1 N–H and O–H groups in total. The van der Waals surface area contributed by atoms with E-state index in [9.17, 15) is 9.59 Å². The Morgan fingerprint density at radius 3 is 2.30 bits per heavy atom. The Morgan fingerprint density at radius 1 is 0.963 bits per heavy atom. The molecule has 0 saturated carbocycles. The van der Waals surface area contributed by atoms with Gasteiger partial charge < -0.3 is 19.5 Å². The number of benzene rings is 2. The molecule has 27 heavy (non-hydrogen) atoms. The number of hydrogen-bond donors (Lipinski definition) is 1. The van der Waals surface area contributed by atoms with Crippen molar-refractivity contribution in [2.24, 2.45) is 0 Å². The number of amides is 1. The van der Waals surface area contributed by atoms with Crippen LogP contribution >= 0.6 is 0 Å². The molecule has 6 heteroatoms. The molecule has 0 aliphatic carbocycles. The van der Waals surface area contributed by atoms with Crippen molar-refractivity contribution in [1.29, 1.82) is 0 Å². The van der Waals surface area contributed by atoms with Crippen molar-refractivity contribution in [1.82, 2.24) is 0 Å². The molecular formula is C21H25NO5. The molecule has 0 bridgehead atoms. The van der Waals surface area contributed by atoms with Gasteiger partial charge in [-0.05, 0) is 42.7 Å². The molecular weight excluding hydrogens is 346 g/mol. The predicted octanol–water partition coefficient (Wildman–Crippen LogP) is 4.01. The minimum atomic E-state index is -0.761. The Hall–Kier alpha value is -3.02. The first-order valence-corrected chi connectivity index (χ1v) is 8.70. The highest BCUT2D eigenvalue weighted by molar-refractivity contribution is 5.95. The zero-order chi connectivity index (χ0) is 20.0. The van der Waals surface area contributed by atoms with Crippen molar-refractivity contribution in [2.45, 2.75) is 32.8 Å². The molecule has 0 aromatic heterocycles. The summed E-state index contributed by atoms with van der Waals surface area (Å²) in [4.78, 5) is 24.2. The Balaban J connectivity index is 2.14. The zero-order valence-electron chi connectivity index (χ0n) is 16.2. The van der Waals surface area contributed by atoms with E-state index in [1.165, 1.54) is 20.3 Å². The second-order valence-corrected chi connectivity index (χ2v) is 6.35. The summed E-state index contributed by atoms with van der Waals surface area (Å²) in [5.74, 6) is 0.242. The number of anilines is 1. The SMILES string of the molecule is COC(=O)c1ccc(O[C@H](C)C(=O)Nc2ccccc2C(C)C)c(OC)c1. The van der Waals surface area contributed by atoms with Gasteiger partial charge in [-0.3, -0.25) is 4.79 Å². The van der Waals surface area contributed by atoms with E-state index in [1.807, 2.05) is 24.3 Å². The number of hydrogen-bond acceptors (Lipinski definition) is 5. The van der Waals surface area contributed by atoms with E-state index in [-0.39, 0.29) is 11.8 Å². The molecule has 0 radical (unpaired) electrons. The largest absolute Gasteiger partial charge is 0.493 e. The van der Waals surface area contributed by atoms with Gasteiger partial charge in [0.15, 0.2) is 17.6 Å². The molecule has 0 spiro atoms. The number of para-hydroxylation sites is 1. The Labute approximate surface area is 159 Å². The summed E-state index contributed by atoms with van der Waals surface area (Å²) in [7, 11) is 2.77. The molecule has 0 unspecified atom stereocenters. The zero-order valence-corrected chi connectivity index (χ0v) is 16.2. The average molecular weight is 371 g/mol. The van der Waals surface area contributed by atoms with Crippen molar-refractivity contribution >= 4 is 17.6 Å². The van der Waals surface area contributed by atoms with Crippen molar-refractivity contribution in [2.75, 3.05) is 19.5 Å². The standard InChI is InChI=1S/C21H25NO5/c1-13(2)16-8-6-7-9-17(16)22-20(23)14(3)27-18-11-10-15(21(24)26-5)12-19(18)25-4/h6-14H,1-5H3,(H,22,23)/t14-/m1/s1. The first kappa shape index (κ1) is 20.3. The highest BCUT2D eigenvalue weighted by Crippen LogP contribution is 2.30. The van der Waals surface area contributed by atoms with Gasteiger partial charge >= 0.3 is 5.97 Å². The van der Waals surface area contributed by atoms with Crippen LogP contribution in [0.15, 0.2) is 42.5 Å². The lowest BCUT2D eigenvalue weighted by molar-refractivity contribution is -0.122. The van der Waals surface area contributed by atoms with E-state index in [4.69, 9.17) is 14.2 Å². The highest BCUT2D eigenvalue weighted by Gasteiger charge is 2.19. The molecule has 2 aromatic carbocycles. The smallest absolute Gasteiger partial charge is 0.337 e. The Morgan fingerprint density at radius 2 is 1.67 bits per heavy atom. The fraction of sp³-hybridized carbons (Fsp3) is 0.333. The third-order valence-corrected chi connectivity index (χ3v) is 4.10. The second kappa shape index (κ2) is 9.07. The molecule has 1 atom stereocenters. The van der Waals surface area contributed by atoms with Gasteiger partial charge in [-0.15, -0.1) is 0 Å².